The largest absolute Gasteiger partial charge is 0.344 e. The van der Waals surface area contributed by atoms with E-state index in [1.54, 1.807) is 4.90 Å². The number of anilines is 1. The first-order valence-electron chi connectivity index (χ1n) is 5.40. The van der Waals surface area contributed by atoms with Gasteiger partial charge in [0.15, 0.2) is 9.84 Å². The third-order valence-electron chi connectivity index (χ3n) is 2.63. The Hall–Kier alpha value is -1.15. The average Bonchev–Trinajstić information content (AvgIpc) is 2.81. The molecule has 1 aromatic heterocycles. The molecule has 0 amide bonds. The molecule has 1 atom stereocenters. The Morgan fingerprint density at radius 3 is 2.82 bits per heavy atom. The van der Waals surface area contributed by atoms with Gasteiger partial charge in [-0.05, 0) is 11.6 Å². The monoisotopic (exact) mass is 260 g/mol. The van der Waals surface area contributed by atoms with Crippen LogP contribution in [0.5, 0.6) is 0 Å². The number of nitrogens with one attached hydrogen (secondary N) is 1. The lowest BCUT2D eigenvalue weighted by molar-refractivity contribution is 0.359. The second kappa shape index (κ2) is 4.61. The van der Waals surface area contributed by atoms with Crippen LogP contribution in [0.3, 0.4) is 0 Å². The van der Waals surface area contributed by atoms with Crippen molar-refractivity contribution in [3.8, 4) is 0 Å². The molecule has 1 aliphatic heterocycles. The predicted octanol–water partition coefficient (Wildman–Crippen LogP) is -0.588. The van der Waals surface area contributed by atoms with Crippen LogP contribution in [-0.2, 0) is 16.4 Å². The van der Waals surface area contributed by atoms with Crippen molar-refractivity contribution in [2.45, 2.75) is 19.0 Å². The van der Waals surface area contributed by atoms with Crippen LogP contribution in [0.1, 0.15) is 12.3 Å². The van der Waals surface area contributed by atoms with Crippen molar-refractivity contribution < 1.29 is 12.9 Å². The highest BCUT2D eigenvalue weighted by atomic mass is 32.2. The van der Waals surface area contributed by atoms with Gasteiger partial charge in [0.1, 0.15) is 0 Å². The molecule has 17 heavy (non-hydrogen) atoms. The molecule has 96 valence electrons. The zero-order valence-electron chi connectivity index (χ0n) is 9.88. The van der Waals surface area contributed by atoms with Gasteiger partial charge in [0.2, 0.25) is 5.89 Å². The van der Waals surface area contributed by atoms with Gasteiger partial charge in [-0.1, -0.05) is 0 Å². The van der Waals surface area contributed by atoms with Gasteiger partial charge < -0.3 is 14.7 Å². The molecule has 1 aromatic rings. The molecule has 0 spiro atoms. The summed E-state index contributed by atoms with van der Waals surface area (Å²) in [5.74, 6) is 1.44. The van der Waals surface area contributed by atoms with E-state index < -0.39 is 9.84 Å². The molecule has 1 N–H and O–H groups in total. The zero-order valence-corrected chi connectivity index (χ0v) is 10.7. The van der Waals surface area contributed by atoms with E-state index in [1.165, 1.54) is 0 Å². The maximum absolute atomic E-state index is 11.2. The van der Waals surface area contributed by atoms with E-state index in [-0.39, 0.29) is 17.5 Å². The fourth-order valence-corrected chi connectivity index (χ4v) is 3.39. The summed E-state index contributed by atoms with van der Waals surface area (Å²) in [7, 11) is 0.805. The summed E-state index contributed by atoms with van der Waals surface area (Å²) in [6, 6.07) is -0.00490. The molecule has 2 heterocycles. The Labute approximate surface area is 100 Å². The molecule has 1 fully saturated rings. The second-order valence-corrected chi connectivity index (χ2v) is 6.59. The Morgan fingerprint density at radius 1 is 1.53 bits per heavy atom. The van der Waals surface area contributed by atoms with Crippen LogP contribution in [0.25, 0.3) is 0 Å². The fraction of sp³-hybridized carbons (Fsp3) is 0.778. The van der Waals surface area contributed by atoms with Crippen molar-refractivity contribution in [2.24, 2.45) is 0 Å². The highest BCUT2D eigenvalue weighted by Gasteiger charge is 2.27. The van der Waals surface area contributed by atoms with Crippen molar-refractivity contribution in [3.05, 3.63) is 5.89 Å². The number of rotatable bonds is 4. The lowest BCUT2D eigenvalue weighted by atomic mass is 10.3. The van der Waals surface area contributed by atoms with Crippen molar-refractivity contribution in [2.75, 3.05) is 30.5 Å². The summed E-state index contributed by atoms with van der Waals surface area (Å²) in [5.41, 5.74) is 0. The molecular weight excluding hydrogens is 244 g/mol. The second-order valence-electron chi connectivity index (χ2n) is 4.36. The third-order valence-corrected chi connectivity index (χ3v) is 4.40. The maximum atomic E-state index is 11.2. The van der Waals surface area contributed by atoms with Gasteiger partial charge >= 0.3 is 0 Å². The van der Waals surface area contributed by atoms with E-state index >= 15 is 0 Å². The van der Waals surface area contributed by atoms with Crippen molar-refractivity contribution >= 4 is 15.8 Å². The van der Waals surface area contributed by atoms with Crippen LogP contribution in [0.15, 0.2) is 4.52 Å². The van der Waals surface area contributed by atoms with Gasteiger partial charge in [0.25, 0.3) is 5.95 Å². The Balaban J connectivity index is 1.86. The van der Waals surface area contributed by atoms with Crippen molar-refractivity contribution in [1.29, 1.82) is 0 Å². The van der Waals surface area contributed by atoms with E-state index in [2.05, 4.69) is 15.5 Å². The molecule has 0 aliphatic carbocycles. The molecule has 1 aliphatic rings. The number of hydrogen-bond acceptors (Lipinski definition) is 7. The molecule has 1 unspecified atom stereocenters. The molecule has 0 aromatic carbocycles. The standard InChI is InChI=1S/C9H16N4O3S/c1-13(2)9-11-8(16-12-9)5-10-7-3-4-17(14,15)6-7/h7,10H,3-6H2,1-2H3. The van der Waals surface area contributed by atoms with Crippen LogP contribution < -0.4 is 10.2 Å². The summed E-state index contributed by atoms with van der Waals surface area (Å²) in [4.78, 5) is 5.89. The highest BCUT2D eigenvalue weighted by Crippen LogP contribution is 2.12. The molecule has 0 radical (unpaired) electrons. The molecule has 7 nitrogen and oxygen atoms in total. The van der Waals surface area contributed by atoms with Crippen LogP contribution in [-0.4, -0.2) is 50.2 Å². The van der Waals surface area contributed by atoms with Crippen LogP contribution in [0, 0.1) is 0 Å². The highest BCUT2D eigenvalue weighted by molar-refractivity contribution is 7.91. The van der Waals surface area contributed by atoms with E-state index in [1.807, 2.05) is 14.1 Å². The molecule has 2 rings (SSSR count). The Bertz CT molecular complexity index is 482. The summed E-state index contributed by atoms with van der Waals surface area (Å²) in [5, 5.41) is 6.88. The first kappa shape index (κ1) is 12.3. The Morgan fingerprint density at radius 2 is 2.29 bits per heavy atom. The van der Waals surface area contributed by atoms with Crippen molar-refractivity contribution in [3.63, 3.8) is 0 Å². The first-order valence-corrected chi connectivity index (χ1v) is 7.22. The van der Waals surface area contributed by atoms with E-state index in [0.717, 1.165) is 0 Å². The normalized spacial score (nSPS) is 22.8. The van der Waals surface area contributed by atoms with Crippen LogP contribution in [0.2, 0.25) is 0 Å². The first-order chi connectivity index (χ1) is 7.96. The predicted molar refractivity (Wildman–Crippen MR) is 62.5 cm³/mol. The molecule has 0 bridgehead atoms. The SMILES string of the molecule is CN(C)c1noc(CNC2CCS(=O)(=O)C2)n1. The number of sulfone groups is 1. The fourth-order valence-electron chi connectivity index (χ4n) is 1.69. The molecule has 8 heteroatoms. The molecule has 1 saturated heterocycles. The topological polar surface area (TPSA) is 88.3 Å². The minimum Gasteiger partial charge on any atom is -0.344 e. The lowest BCUT2D eigenvalue weighted by Crippen LogP contribution is -2.29. The van der Waals surface area contributed by atoms with Crippen molar-refractivity contribution in [1.82, 2.24) is 15.5 Å². The number of hydrogen-bond donors (Lipinski definition) is 1. The minimum atomic E-state index is -2.85. The summed E-state index contributed by atoms with van der Waals surface area (Å²) < 4.78 is 27.5. The van der Waals surface area contributed by atoms with Crippen LogP contribution >= 0.6 is 0 Å². The minimum absolute atomic E-state index is 0.00490. The third kappa shape index (κ3) is 3.16. The average molecular weight is 260 g/mol. The number of aromatic nitrogens is 2. The van der Waals surface area contributed by atoms with Gasteiger partial charge in [0, 0.05) is 20.1 Å². The van der Waals surface area contributed by atoms with E-state index in [9.17, 15) is 8.42 Å². The van der Waals surface area contributed by atoms with E-state index in [4.69, 9.17) is 4.52 Å². The van der Waals surface area contributed by atoms with E-state index in [0.29, 0.717) is 24.8 Å². The van der Waals surface area contributed by atoms with Gasteiger partial charge in [-0.3, -0.25) is 0 Å². The van der Waals surface area contributed by atoms with Crippen LogP contribution in [0.4, 0.5) is 5.95 Å². The Kier molecular flexibility index (Phi) is 3.34. The lowest BCUT2D eigenvalue weighted by Gasteiger charge is -2.07. The van der Waals surface area contributed by atoms with Gasteiger partial charge in [-0.15, -0.1) is 0 Å². The summed E-state index contributed by atoms with van der Waals surface area (Å²) in [6.07, 6.45) is 0.650. The van der Waals surface area contributed by atoms with Gasteiger partial charge in [-0.25, -0.2) is 8.42 Å². The summed E-state index contributed by atoms with van der Waals surface area (Å²) >= 11 is 0. The van der Waals surface area contributed by atoms with Gasteiger partial charge in [0.05, 0.1) is 18.1 Å². The zero-order chi connectivity index (χ0) is 12.5. The smallest absolute Gasteiger partial charge is 0.265 e. The quantitative estimate of drug-likeness (QED) is 0.774. The maximum Gasteiger partial charge on any atom is 0.265 e. The summed E-state index contributed by atoms with van der Waals surface area (Å²) in [6.45, 7) is 0.404. The van der Waals surface area contributed by atoms with Gasteiger partial charge in [-0.2, -0.15) is 4.98 Å². The molecule has 0 saturated carbocycles. The molecular formula is C9H16N4O3S. The number of nitrogens with zero attached hydrogens (tertiary/aromatic N) is 3.